The predicted octanol–water partition coefficient (Wildman–Crippen LogP) is 3.86. The van der Waals surface area contributed by atoms with Crippen LogP contribution in [0, 0.1) is 0 Å². The molecule has 0 unspecified atom stereocenters. The highest BCUT2D eigenvalue weighted by Crippen LogP contribution is 2.15. The van der Waals surface area contributed by atoms with Gasteiger partial charge in [-0.05, 0) is 25.5 Å². The first kappa shape index (κ1) is 21.5. The second-order valence-electron chi connectivity index (χ2n) is 6.24. The number of rotatable bonds is 8. The lowest BCUT2D eigenvalue weighted by Gasteiger charge is -2.15. The smallest absolute Gasteiger partial charge is 0.196 e. The molecule has 29 heavy (non-hydrogen) atoms. The van der Waals surface area contributed by atoms with Gasteiger partial charge in [0.15, 0.2) is 17.3 Å². The summed E-state index contributed by atoms with van der Waals surface area (Å²) >= 11 is 0. The van der Waals surface area contributed by atoms with E-state index in [2.05, 4.69) is 0 Å². The highest BCUT2D eigenvalue weighted by Gasteiger charge is 2.15. The third-order valence-electron chi connectivity index (χ3n) is 4.07. The molecule has 0 bridgehead atoms. The van der Waals surface area contributed by atoms with Crippen LogP contribution in [0.2, 0.25) is 0 Å². The van der Waals surface area contributed by atoms with E-state index in [0.717, 1.165) is 0 Å². The Labute approximate surface area is 170 Å². The van der Waals surface area contributed by atoms with Gasteiger partial charge >= 0.3 is 0 Å². The van der Waals surface area contributed by atoms with Crippen LogP contribution in [0.25, 0.3) is 5.76 Å². The Morgan fingerprint density at radius 3 is 1.79 bits per heavy atom. The van der Waals surface area contributed by atoms with Gasteiger partial charge < -0.3 is 5.11 Å². The Hall–Kier alpha value is -3.79. The highest BCUT2D eigenvalue weighted by atomic mass is 16.3. The lowest BCUT2D eigenvalue weighted by molar-refractivity contribution is -0.244. The van der Waals surface area contributed by atoms with E-state index in [4.69, 9.17) is 0 Å². The molecule has 0 aliphatic carbocycles. The molecule has 4 nitrogen and oxygen atoms in total. The summed E-state index contributed by atoms with van der Waals surface area (Å²) in [6.07, 6.45) is 7.46. The average molecular weight is 385 g/mol. The molecular weight excluding hydrogens is 364 g/mol. The Balaban J connectivity index is 2.23. The van der Waals surface area contributed by atoms with Gasteiger partial charge in [-0.1, -0.05) is 90.7 Å². The van der Waals surface area contributed by atoms with Gasteiger partial charge in [-0.3, -0.25) is 14.4 Å². The van der Waals surface area contributed by atoms with Crippen LogP contribution >= 0.6 is 0 Å². The number of ketones is 3. The quantitative estimate of drug-likeness (QED) is 0.173. The van der Waals surface area contributed by atoms with Crippen LogP contribution in [0.3, 0.4) is 0 Å². The first-order valence-corrected chi connectivity index (χ1v) is 9.05. The van der Waals surface area contributed by atoms with Crippen molar-refractivity contribution in [2.45, 2.75) is 13.8 Å². The topological polar surface area (TPSA) is 74.3 Å². The molecule has 0 amide bonds. The first-order valence-electron chi connectivity index (χ1n) is 9.05. The maximum atomic E-state index is 12.5. The van der Waals surface area contributed by atoms with Crippen molar-refractivity contribution in [1.29, 1.82) is 0 Å². The Morgan fingerprint density at radius 2 is 1.28 bits per heavy atom. The molecule has 0 aliphatic heterocycles. The zero-order chi connectivity index (χ0) is 21.2. The number of hydrogen-bond acceptors (Lipinski definition) is 4. The maximum absolute atomic E-state index is 12.5. The van der Waals surface area contributed by atoms with Gasteiger partial charge in [0.25, 0.3) is 0 Å². The summed E-state index contributed by atoms with van der Waals surface area (Å²) in [5.41, 5.74) is 0.964. The zero-order valence-corrected chi connectivity index (χ0v) is 16.3. The minimum Gasteiger partial charge on any atom is -0.872 e. The molecule has 0 spiro atoms. The fourth-order valence-electron chi connectivity index (χ4n) is 2.56. The molecule has 4 heteroatoms. The lowest BCUT2D eigenvalue weighted by atomic mass is 10.0. The molecule has 0 radical (unpaired) electrons. The Kier molecular flexibility index (Phi) is 7.80. The van der Waals surface area contributed by atoms with Crippen molar-refractivity contribution in [3.63, 3.8) is 0 Å². The Bertz CT molecular complexity index is 1010. The van der Waals surface area contributed by atoms with Gasteiger partial charge in [0.05, 0.1) is 5.57 Å². The molecule has 2 aromatic rings. The molecule has 0 saturated carbocycles. The number of hydrogen-bond donors (Lipinski definition) is 0. The van der Waals surface area contributed by atoms with Crippen molar-refractivity contribution in [2.75, 3.05) is 0 Å². The molecule has 0 saturated heterocycles. The number of carbonyl (C=O) groups excluding carboxylic acids is 3. The van der Waals surface area contributed by atoms with Crippen molar-refractivity contribution in [3.05, 3.63) is 113 Å². The average Bonchev–Trinajstić information content (AvgIpc) is 2.73. The molecule has 146 valence electrons. The SMILES string of the molecule is CC(=O)C(=CC=CC=C/C(C(C)=O)=C(\[O-])c1ccccc1)C(=O)c1ccccc1. The van der Waals surface area contributed by atoms with Crippen LogP contribution in [-0.2, 0) is 9.59 Å². The second kappa shape index (κ2) is 10.5. The monoisotopic (exact) mass is 385 g/mol. The summed E-state index contributed by atoms with van der Waals surface area (Å²) < 4.78 is 0. The van der Waals surface area contributed by atoms with E-state index in [1.54, 1.807) is 66.7 Å². The van der Waals surface area contributed by atoms with Crippen molar-refractivity contribution in [3.8, 4) is 0 Å². The maximum Gasteiger partial charge on any atom is 0.196 e. The zero-order valence-electron chi connectivity index (χ0n) is 16.3. The first-order chi connectivity index (χ1) is 13.9. The molecule has 0 aliphatic rings. The van der Waals surface area contributed by atoms with Crippen LogP contribution in [0.15, 0.2) is 102 Å². The van der Waals surface area contributed by atoms with Crippen LogP contribution in [0.5, 0.6) is 0 Å². The van der Waals surface area contributed by atoms with Gasteiger partial charge in [0.2, 0.25) is 0 Å². The summed E-state index contributed by atoms with van der Waals surface area (Å²) in [5.74, 6) is -1.41. The molecule has 0 heterocycles. The molecule has 0 N–H and O–H groups in total. The molecular formula is C25H21O4-. The number of allylic oxidation sites excluding steroid dienone is 7. The van der Waals surface area contributed by atoms with Crippen molar-refractivity contribution in [1.82, 2.24) is 0 Å². The third kappa shape index (κ3) is 6.11. The van der Waals surface area contributed by atoms with E-state index in [1.807, 2.05) is 0 Å². The van der Waals surface area contributed by atoms with Gasteiger partial charge in [0, 0.05) is 11.1 Å². The standard InChI is InChI=1S/C25H22O4/c1-18(26)22(24(28)20-12-6-3-7-13-20)16-10-5-11-17-23(19(2)27)25(29)21-14-8-4-9-15-21/h3-17,28H,1-2H3/p-1/b11-5?,16-10?,23-17?,24-22+. The van der Waals surface area contributed by atoms with E-state index >= 15 is 0 Å². The van der Waals surface area contributed by atoms with Crippen molar-refractivity contribution in [2.24, 2.45) is 0 Å². The summed E-state index contributed by atoms with van der Waals surface area (Å²) in [5, 5.41) is 12.5. The van der Waals surface area contributed by atoms with E-state index in [9.17, 15) is 19.5 Å². The van der Waals surface area contributed by atoms with Crippen LogP contribution in [0.1, 0.15) is 29.8 Å². The third-order valence-corrected chi connectivity index (χ3v) is 4.07. The molecule has 2 aromatic carbocycles. The Morgan fingerprint density at radius 1 is 0.724 bits per heavy atom. The van der Waals surface area contributed by atoms with Gasteiger partial charge in [-0.15, -0.1) is 0 Å². The van der Waals surface area contributed by atoms with Crippen LogP contribution in [-0.4, -0.2) is 17.3 Å². The number of Topliss-reactive ketones (excluding diaryl/α,β-unsaturated/α-hetero) is 3. The van der Waals surface area contributed by atoms with E-state index in [0.29, 0.717) is 11.1 Å². The summed E-state index contributed by atoms with van der Waals surface area (Å²) in [7, 11) is 0. The minimum absolute atomic E-state index is 0.0528. The highest BCUT2D eigenvalue weighted by molar-refractivity contribution is 6.25. The van der Waals surface area contributed by atoms with Gasteiger partial charge in [0.1, 0.15) is 0 Å². The second-order valence-corrected chi connectivity index (χ2v) is 6.24. The normalized spacial score (nSPS) is 12.8. The van der Waals surface area contributed by atoms with E-state index < -0.39 is 0 Å². The molecule has 0 atom stereocenters. The van der Waals surface area contributed by atoms with Crippen molar-refractivity contribution >= 4 is 23.1 Å². The largest absolute Gasteiger partial charge is 0.872 e. The van der Waals surface area contributed by atoms with Gasteiger partial charge in [-0.25, -0.2) is 0 Å². The fraction of sp³-hybridized carbons (Fsp3) is 0.0800. The minimum atomic E-state index is -0.359. The fourth-order valence-corrected chi connectivity index (χ4v) is 2.56. The van der Waals surface area contributed by atoms with Gasteiger partial charge in [-0.2, -0.15) is 0 Å². The predicted molar refractivity (Wildman–Crippen MR) is 112 cm³/mol. The summed E-state index contributed by atoms with van der Waals surface area (Å²) in [6.45, 7) is 2.66. The van der Waals surface area contributed by atoms with E-state index in [-0.39, 0.29) is 34.3 Å². The summed E-state index contributed by atoms with van der Waals surface area (Å²) in [4.78, 5) is 36.1. The number of benzene rings is 2. The summed E-state index contributed by atoms with van der Waals surface area (Å²) in [6, 6.07) is 17.1. The van der Waals surface area contributed by atoms with Crippen LogP contribution in [0.4, 0.5) is 0 Å². The molecule has 0 aromatic heterocycles. The van der Waals surface area contributed by atoms with Crippen LogP contribution < -0.4 is 5.11 Å². The molecule has 2 rings (SSSR count). The van der Waals surface area contributed by atoms with Crippen molar-refractivity contribution < 1.29 is 19.5 Å². The lowest BCUT2D eigenvalue weighted by Crippen LogP contribution is -2.10. The van der Waals surface area contributed by atoms with E-state index in [1.165, 1.54) is 38.2 Å². The molecule has 0 fully saturated rings. The number of carbonyl (C=O) groups is 3.